The SMILES string of the molecule is CC1(C)CN(Cc2cncnc2)C[C@@]1(C)O. The molecule has 0 saturated carbocycles. The number of β-amino-alcohol motifs (C(OH)–C–C–N with tert-alkyl or cyclic N) is 1. The summed E-state index contributed by atoms with van der Waals surface area (Å²) in [7, 11) is 0. The van der Waals surface area contributed by atoms with Crippen LogP contribution in [-0.4, -0.2) is 38.7 Å². The second-order valence-corrected chi connectivity index (χ2v) is 5.55. The molecule has 1 aliphatic rings. The fraction of sp³-hybridized carbons (Fsp3) is 0.667. The van der Waals surface area contributed by atoms with Crippen LogP contribution in [0.5, 0.6) is 0 Å². The molecule has 1 N–H and O–H groups in total. The number of hydrogen-bond donors (Lipinski definition) is 1. The maximum Gasteiger partial charge on any atom is 0.115 e. The van der Waals surface area contributed by atoms with Crippen molar-refractivity contribution in [2.24, 2.45) is 5.41 Å². The van der Waals surface area contributed by atoms with Crippen LogP contribution in [0.4, 0.5) is 0 Å². The summed E-state index contributed by atoms with van der Waals surface area (Å²) in [6.07, 6.45) is 5.19. The lowest BCUT2D eigenvalue weighted by Crippen LogP contribution is -2.40. The molecule has 4 nitrogen and oxygen atoms in total. The van der Waals surface area contributed by atoms with Crippen LogP contribution >= 0.6 is 0 Å². The first-order chi connectivity index (χ1) is 7.41. The lowest BCUT2D eigenvalue weighted by Gasteiger charge is -2.31. The monoisotopic (exact) mass is 221 g/mol. The summed E-state index contributed by atoms with van der Waals surface area (Å²) in [6, 6.07) is 0. The molecule has 0 aliphatic carbocycles. The van der Waals surface area contributed by atoms with Crippen molar-refractivity contribution in [2.45, 2.75) is 32.9 Å². The second kappa shape index (κ2) is 3.79. The molecule has 1 atom stereocenters. The van der Waals surface area contributed by atoms with Gasteiger partial charge in [0.2, 0.25) is 0 Å². The average molecular weight is 221 g/mol. The van der Waals surface area contributed by atoms with Crippen molar-refractivity contribution in [3.05, 3.63) is 24.3 Å². The first-order valence-corrected chi connectivity index (χ1v) is 5.59. The highest BCUT2D eigenvalue weighted by atomic mass is 16.3. The Labute approximate surface area is 96.3 Å². The highest BCUT2D eigenvalue weighted by Gasteiger charge is 2.47. The first kappa shape index (κ1) is 11.5. The highest BCUT2D eigenvalue weighted by Crippen LogP contribution is 2.38. The van der Waals surface area contributed by atoms with Crippen LogP contribution in [0.25, 0.3) is 0 Å². The molecule has 0 spiro atoms. The van der Waals surface area contributed by atoms with Gasteiger partial charge in [0.05, 0.1) is 5.60 Å². The Hall–Kier alpha value is -1.00. The molecule has 88 valence electrons. The van der Waals surface area contributed by atoms with Gasteiger partial charge in [-0.3, -0.25) is 4.90 Å². The van der Waals surface area contributed by atoms with Gasteiger partial charge >= 0.3 is 0 Å². The third kappa shape index (κ3) is 2.08. The number of nitrogens with zero attached hydrogens (tertiary/aromatic N) is 3. The number of aromatic nitrogens is 2. The summed E-state index contributed by atoms with van der Waals surface area (Å²) in [6.45, 7) is 8.53. The normalized spacial score (nSPS) is 29.5. The van der Waals surface area contributed by atoms with Crippen molar-refractivity contribution in [3.8, 4) is 0 Å². The van der Waals surface area contributed by atoms with E-state index in [1.807, 2.05) is 19.3 Å². The van der Waals surface area contributed by atoms with Crippen LogP contribution in [0.15, 0.2) is 18.7 Å². The Kier molecular flexibility index (Phi) is 2.72. The van der Waals surface area contributed by atoms with Crippen molar-refractivity contribution in [1.82, 2.24) is 14.9 Å². The molecule has 0 aromatic carbocycles. The van der Waals surface area contributed by atoms with Crippen LogP contribution in [0.2, 0.25) is 0 Å². The highest BCUT2D eigenvalue weighted by molar-refractivity contribution is 5.06. The van der Waals surface area contributed by atoms with Gasteiger partial charge in [0.1, 0.15) is 6.33 Å². The van der Waals surface area contributed by atoms with E-state index in [0.29, 0.717) is 6.54 Å². The quantitative estimate of drug-likeness (QED) is 0.811. The van der Waals surface area contributed by atoms with Crippen molar-refractivity contribution in [1.29, 1.82) is 0 Å². The smallest absolute Gasteiger partial charge is 0.115 e. The Morgan fingerprint density at radius 3 is 2.38 bits per heavy atom. The van der Waals surface area contributed by atoms with E-state index in [2.05, 4.69) is 28.7 Å². The predicted molar refractivity (Wildman–Crippen MR) is 61.7 cm³/mol. The third-order valence-corrected chi connectivity index (χ3v) is 3.63. The molecule has 1 saturated heterocycles. The zero-order valence-corrected chi connectivity index (χ0v) is 10.1. The van der Waals surface area contributed by atoms with E-state index in [-0.39, 0.29) is 5.41 Å². The van der Waals surface area contributed by atoms with Gasteiger partial charge in [-0.25, -0.2) is 9.97 Å². The van der Waals surface area contributed by atoms with E-state index in [4.69, 9.17) is 0 Å². The molecule has 1 aromatic heterocycles. The summed E-state index contributed by atoms with van der Waals surface area (Å²) >= 11 is 0. The van der Waals surface area contributed by atoms with Crippen LogP contribution in [-0.2, 0) is 6.54 Å². The van der Waals surface area contributed by atoms with Crippen LogP contribution in [0.1, 0.15) is 26.3 Å². The van der Waals surface area contributed by atoms with Crippen molar-refractivity contribution in [3.63, 3.8) is 0 Å². The van der Waals surface area contributed by atoms with Crippen LogP contribution in [0, 0.1) is 5.41 Å². The molecule has 0 amide bonds. The molecule has 1 fully saturated rings. The summed E-state index contributed by atoms with van der Waals surface area (Å²) in [4.78, 5) is 10.2. The largest absolute Gasteiger partial charge is 0.388 e. The summed E-state index contributed by atoms with van der Waals surface area (Å²) in [5, 5.41) is 10.3. The molecule has 1 aromatic rings. The predicted octanol–water partition coefficient (Wildman–Crippen LogP) is 1.07. The van der Waals surface area contributed by atoms with Gasteiger partial charge in [0, 0.05) is 43.0 Å². The number of hydrogen-bond acceptors (Lipinski definition) is 4. The summed E-state index contributed by atoms with van der Waals surface area (Å²) < 4.78 is 0. The van der Waals surface area contributed by atoms with Crippen molar-refractivity contribution in [2.75, 3.05) is 13.1 Å². The zero-order valence-electron chi connectivity index (χ0n) is 10.1. The molecule has 1 aliphatic heterocycles. The average Bonchev–Trinajstić information content (AvgIpc) is 2.36. The van der Waals surface area contributed by atoms with Gasteiger partial charge in [-0.1, -0.05) is 13.8 Å². The number of aliphatic hydroxyl groups is 1. The maximum atomic E-state index is 10.3. The topological polar surface area (TPSA) is 49.2 Å². The molecule has 0 unspecified atom stereocenters. The van der Waals surface area contributed by atoms with Gasteiger partial charge in [-0.05, 0) is 6.92 Å². The third-order valence-electron chi connectivity index (χ3n) is 3.63. The molecule has 2 rings (SSSR count). The molecule has 4 heteroatoms. The van der Waals surface area contributed by atoms with E-state index in [0.717, 1.165) is 18.7 Å². The minimum atomic E-state index is -0.622. The molecule has 2 heterocycles. The number of rotatable bonds is 2. The molecular formula is C12H19N3O. The second-order valence-electron chi connectivity index (χ2n) is 5.55. The summed E-state index contributed by atoms with van der Waals surface area (Å²) in [5.41, 5.74) is 0.404. The number of likely N-dealkylation sites (tertiary alicyclic amines) is 1. The van der Waals surface area contributed by atoms with Gasteiger partial charge in [0.25, 0.3) is 0 Å². The lowest BCUT2D eigenvalue weighted by atomic mass is 9.79. The van der Waals surface area contributed by atoms with E-state index in [9.17, 15) is 5.11 Å². The van der Waals surface area contributed by atoms with E-state index in [1.54, 1.807) is 0 Å². The van der Waals surface area contributed by atoms with Gasteiger partial charge < -0.3 is 5.11 Å². The molecular weight excluding hydrogens is 202 g/mol. The fourth-order valence-electron chi connectivity index (χ4n) is 2.22. The lowest BCUT2D eigenvalue weighted by molar-refractivity contribution is -0.0111. The Balaban J connectivity index is 2.05. The molecule has 16 heavy (non-hydrogen) atoms. The zero-order chi connectivity index (χ0) is 11.8. The van der Waals surface area contributed by atoms with Crippen LogP contribution < -0.4 is 0 Å². The Bertz CT molecular complexity index is 346. The first-order valence-electron chi connectivity index (χ1n) is 5.59. The van der Waals surface area contributed by atoms with Gasteiger partial charge in [-0.2, -0.15) is 0 Å². The van der Waals surface area contributed by atoms with Gasteiger partial charge in [0.15, 0.2) is 0 Å². The molecule has 0 radical (unpaired) electrons. The standard InChI is InChI=1S/C12H19N3O/c1-11(2)7-15(8-12(11,3)16)6-10-4-13-9-14-5-10/h4-5,9,16H,6-8H2,1-3H3/t12-/m1/s1. The van der Waals surface area contributed by atoms with Crippen molar-refractivity contribution >= 4 is 0 Å². The fourth-order valence-corrected chi connectivity index (χ4v) is 2.22. The Morgan fingerprint density at radius 1 is 1.25 bits per heavy atom. The van der Waals surface area contributed by atoms with Crippen LogP contribution in [0.3, 0.4) is 0 Å². The minimum Gasteiger partial charge on any atom is -0.388 e. The maximum absolute atomic E-state index is 10.3. The van der Waals surface area contributed by atoms with E-state index < -0.39 is 5.60 Å². The van der Waals surface area contributed by atoms with E-state index >= 15 is 0 Å². The summed E-state index contributed by atoms with van der Waals surface area (Å²) in [5.74, 6) is 0. The van der Waals surface area contributed by atoms with Crippen molar-refractivity contribution < 1.29 is 5.11 Å². The molecule has 0 bridgehead atoms. The Morgan fingerprint density at radius 2 is 1.88 bits per heavy atom. The minimum absolute atomic E-state index is 0.0668. The van der Waals surface area contributed by atoms with Gasteiger partial charge in [-0.15, -0.1) is 0 Å². The van der Waals surface area contributed by atoms with E-state index in [1.165, 1.54) is 6.33 Å².